The average Bonchev–Trinajstić information content (AvgIpc) is 1.75. The fraction of sp³-hybridized carbons (Fsp3) is 0.500. The molecule has 0 radical (unpaired) electrons. The van der Waals surface area contributed by atoms with Crippen LogP contribution in [0, 0.1) is 0 Å². The third-order valence-corrected chi connectivity index (χ3v) is 0.612. The Labute approximate surface area is 32.3 Å². The van der Waals surface area contributed by atoms with Crippen LogP contribution in [-0.4, -0.2) is 0 Å². The molecular formula is C4H9N. The molecule has 0 aromatic rings. The molecule has 0 saturated heterocycles. The van der Waals surface area contributed by atoms with Gasteiger partial charge < -0.3 is 6.15 Å². The van der Waals surface area contributed by atoms with Crippen molar-refractivity contribution < 1.29 is 0 Å². The van der Waals surface area contributed by atoms with Crippen LogP contribution in [0.3, 0.4) is 0 Å². The lowest BCUT2D eigenvalue weighted by Gasteiger charge is -1.47. The van der Waals surface area contributed by atoms with Crippen molar-refractivity contribution in [2.75, 3.05) is 0 Å². The summed E-state index contributed by atoms with van der Waals surface area (Å²) < 4.78 is 0. The molecule has 1 heteroatoms. The topological polar surface area (TPSA) is 35.0 Å². The highest BCUT2D eigenvalue weighted by atomic mass is 14.0. The second-order valence-corrected chi connectivity index (χ2v) is 1.25. The predicted octanol–water partition coefficient (Wildman–Crippen LogP) is 1.50. The first-order valence-electron chi connectivity index (χ1n) is 1.55. The molecule has 0 amide bonds. The van der Waals surface area contributed by atoms with Gasteiger partial charge in [-0.25, -0.2) is 0 Å². The molecule has 0 aromatic carbocycles. The van der Waals surface area contributed by atoms with E-state index in [1.165, 1.54) is 6.42 Å². The Morgan fingerprint density at radius 1 is 1.80 bits per heavy atom. The van der Waals surface area contributed by atoms with Crippen molar-refractivity contribution in [1.29, 1.82) is 0 Å². The Hall–Kier alpha value is -0.300. The average molecular weight is 71.1 g/mol. The van der Waals surface area contributed by atoms with Gasteiger partial charge in [-0.05, 0) is 13.3 Å². The van der Waals surface area contributed by atoms with E-state index in [2.05, 4.69) is 13.0 Å². The fourth-order valence-corrected chi connectivity index (χ4v) is 0.102. The van der Waals surface area contributed by atoms with Gasteiger partial charge in [-0.15, -0.1) is 0 Å². The van der Waals surface area contributed by atoms with Crippen LogP contribution in [0.4, 0.5) is 0 Å². The van der Waals surface area contributed by atoms with Gasteiger partial charge in [-0.1, -0.05) is 11.6 Å². The van der Waals surface area contributed by atoms with Crippen LogP contribution in [0.2, 0.25) is 0 Å². The van der Waals surface area contributed by atoms with Gasteiger partial charge >= 0.3 is 0 Å². The van der Waals surface area contributed by atoms with Crippen LogP contribution in [0.25, 0.3) is 0 Å². The highest BCUT2D eigenvalue weighted by Gasteiger charge is 1.94. The van der Waals surface area contributed by atoms with Gasteiger partial charge in [-0.3, -0.25) is 0 Å². The van der Waals surface area contributed by atoms with E-state index < -0.39 is 0 Å². The maximum absolute atomic E-state index is 2.21. The SMILES string of the molecule is CC1=CC1.N. The third kappa shape index (κ3) is 1.47. The lowest BCUT2D eigenvalue weighted by Crippen LogP contribution is -1.26. The first-order valence-corrected chi connectivity index (χ1v) is 1.55. The van der Waals surface area contributed by atoms with E-state index in [-0.39, 0.29) is 6.15 Å². The molecule has 0 heterocycles. The standard InChI is InChI=1S/C4H6.H3N/c1-4-2-3-4;/h2H,3H2,1H3;1H3. The van der Waals surface area contributed by atoms with E-state index in [1.807, 2.05) is 0 Å². The lowest BCUT2D eigenvalue weighted by atomic mass is 10.6. The molecule has 0 unspecified atom stereocenters. The number of hydrogen-bond acceptors (Lipinski definition) is 1. The van der Waals surface area contributed by atoms with Crippen LogP contribution in [-0.2, 0) is 0 Å². The molecule has 3 N–H and O–H groups in total. The zero-order valence-corrected chi connectivity index (χ0v) is 3.49. The Morgan fingerprint density at radius 3 is 2.00 bits per heavy atom. The van der Waals surface area contributed by atoms with Gasteiger partial charge in [0.25, 0.3) is 0 Å². The lowest BCUT2D eigenvalue weighted by molar-refractivity contribution is 1.48. The molecule has 1 nitrogen and oxygen atoms in total. The van der Waals surface area contributed by atoms with Gasteiger partial charge in [0.2, 0.25) is 0 Å². The minimum atomic E-state index is 0. The number of allylic oxidation sites excluding steroid dienone is 2. The Bertz CT molecular complexity index is 54.7. The molecule has 0 fully saturated rings. The highest BCUT2D eigenvalue weighted by Crippen LogP contribution is 2.14. The number of rotatable bonds is 0. The molecule has 1 aliphatic carbocycles. The molecule has 0 aliphatic heterocycles. The van der Waals surface area contributed by atoms with Crippen molar-refractivity contribution in [2.45, 2.75) is 13.3 Å². The zero-order valence-electron chi connectivity index (χ0n) is 3.49. The van der Waals surface area contributed by atoms with E-state index >= 15 is 0 Å². The molecule has 1 rings (SSSR count). The first kappa shape index (κ1) is 4.70. The Morgan fingerprint density at radius 2 is 2.00 bits per heavy atom. The summed E-state index contributed by atoms with van der Waals surface area (Å²) in [6.45, 7) is 2.14. The monoisotopic (exact) mass is 71.1 g/mol. The summed E-state index contributed by atoms with van der Waals surface area (Å²) in [5.74, 6) is 0. The summed E-state index contributed by atoms with van der Waals surface area (Å²) in [5.41, 5.74) is 1.54. The minimum absolute atomic E-state index is 0. The molecular weight excluding hydrogens is 62.1 g/mol. The minimum Gasteiger partial charge on any atom is -0.344 e. The largest absolute Gasteiger partial charge is 0.344 e. The summed E-state index contributed by atoms with van der Waals surface area (Å²) in [6, 6.07) is 0. The Kier molecular flexibility index (Phi) is 1.15. The molecule has 0 bridgehead atoms. The molecule has 5 heavy (non-hydrogen) atoms. The van der Waals surface area contributed by atoms with Crippen LogP contribution < -0.4 is 6.15 Å². The van der Waals surface area contributed by atoms with Crippen LogP contribution in [0.1, 0.15) is 13.3 Å². The fourth-order valence-electron chi connectivity index (χ4n) is 0.102. The van der Waals surface area contributed by atoms with E-state index in [0.717, 1.165) is 0 Å². The van der Waals surface area contributed by atoms with Crippen molar-refractivity contribution in [2.24, 2.45) is 0 Å². The molecule has 30 valence electrons. The van der Waals surface area contributed by atoms with E-state index in [1.54, 1.807) is 5.57 Å². The predicted molar refractivity (Wildman–Crippen MR) is 23.4 cm³/mol. The smallest absolute Gasteiger partial charge is 0.0139 e. The summed E-state index contributed by atoms with van der Waals surface area (Å²) in [5, 5.41) is 0. The van der Waals surface area contributed by atoms with Crippen molar-refractivity contribution >= 4 is 0 Å². The summed E-state index contributed by atoms with van der Waals surface area (Å²) in [4.78, 5) is 0. The molecule has 0 saturated carbocycles. The normalized spacial score (nSPS) is 15.8. The summed E-state index contributed by atoms with van der Waals surface area (Å²) in [6.07, 6.45) is 3.49. The van der Waals surface area contributed by atoms with E-state index in [9.17, 15) is 0 Å². The highest BCUT2D eigenvalue weighted by molar-refractivity contribution is 5.17. The van der Waals surface area contributed by atoms with Crippen molar-refractivity contribution in [3.8, 4) is 0 Å². The van der Waals surface area contributed by atoms with Gasteiger partial charge in [0.1, 0.15) is 0 Å². The molecule has 0 aromatic heterocycles. The van der Waals surface area contributed by atoms with Gasteiger partial charge in [0, 0.05) is 0 Å². The van der Waals surface area contributed by atoms with Crippen molar-refractivity contribution in [1.82, 2.24) is 6.15 Å². The molecule has 0 spiro atoms. The van der Waals surface area contributed by atoms with Crippen LogP contribution in [0.5, 0.6) is 0 Å². The second kappa shape index (κ2) is 1.22. The Balaban J connectivity index is 0.000000160. The maximum Gasteiger partial charge on any atom is -0.0139 e. The molecule has 0 atom stereocenters. The summed E-state index contributed by atoms with van der Waals surface area (Å²) >= 11 is 0. The van der Waals surface area contributed by atoms with Crippen molar-refractivity contribution in [3.05, 3.63) is 11.6 Å². The zero-order chi connectivity index (χ0) is 2.99. The summed E-state index contributed by atoms with van der Waals surface area (Å²) in [7, 11) is 0. The van der Waals surface area contributed by atoms with Gasteiger partial charge in [0.15, 0.2) is 0 Å². The molecule has 1 aliphatic rings. The second-order valence-electron chi connectivity index (χ2n) is 1.25. The number of hydrogen-bond donors (Lipinski definition) is 1. The van der Waals surface area contributed by atoms with Crippen LogP contribution >= 0.6 is 0 Å². The quantitative estimate of drug-likeness (QED) is 0.431. The van der Waals surface area contributed by atoms with E-state index in [0.29, 0.717) is 0 Å². The van der Waals surface area contributed by atoms with Gasteiger partial charge in [0.05, 0.1) is 0 Å². The maximum atomic E-state index is 2.21. The van der Waals surface area contributed by atoms with Crippen molar-refractivity contribution in [3.63, 3.8) is 0 Å². The first-order chi connectivity index (χ1) is 1.89. The van der Waals surface area contributed by atoms with E-state index in [4.69, 9.17) is 0 Å². The third-order valence-electron chi connectivity index (χ3n) is 0.612. The van der Waals surface area contributed by atoms with Gasteiger partial charge in [-0.2, -0.15) is 0 Å². The van der Waals surface area contributed by atoms with Crippen LogP contribution in [0.15, 0.2) is 11.6 Å².